The molecular formula is C19H24FNO3. The Balaban J connectivity index is 1.77. The minimum absolute atomic E-state index is 0.0968. The van der Waals surface area contributed by atoms with Crippen molar-refractivity contribution in [3.63, 3.8) is 0 Å². The Morgan fingerprint density at radius 1 is 1.12 bits per heavy atom. The predicted octanol–water partition coefficient (Wildman–Crippen LogP) is 2.89. The number of hydrogen-bond acceptors (Lipinski definition) is 4. The second-order valence-electron chi connectivity index (χ2n) is 5.50. The molecule has 0 aliphatic heterocycles. The monoisotopic (exact) mass is 333 g/mol. The van der Waals surface area contributed by atoms with Gasteiger partial charge in [0.2, 0.25) is 0 Å². The highest BCUT2D eigenvalue weighted by atomic mass is 19.1. The first-order valence-corrected chi connectivity index (χ1v) is 8.10. The van der Waals surface area contributed by atoms with E-state index in [2.05, 4.69) is 5.32 Å². The van der Waals surface area contributed by atoms with Crippen molar-refractivity contribution >= 4 is 0 Å². The molecule has 0 radical (unpaired) electrons. The summed E-state index contributed by atoms with van der Waals surface area (Å²) in [5.74, 6) is 0.265. The molecule has 2 aromatic rings. The molecule has 0 fully saturated rings. The number of aliphatic hydroxyl groups excluding tert-OH is 1. The first-order valence-electron chi connectivity index (χ1n) is 8.10. The van der Waals surface area contributed by atoms with Crippen LogP contribution in [0.3, 0.4) is 0 Å². The SMILES string of the molecule is CCNCc1cc(F)ccc1OCC(O)COCc1ccccc1. The van der Waals surface area contributed by atoms with Crippen LogP contribution in [0.4, 0.5) is 4.39 Å². The Morgan fingerprint density at radius 2 is 1.92 bits per heavy atom. The van der Waals surface area contributed by atoms with Gasteiger partial charge in [-0.3, -0.25) is 0 Å². The summed E-state index contributed by atoms with van der Waals surface area (Å²) in [5.41, 5.74) is 1.78. The molecule has 0 saturated heterocycles. The molecule has 2 N–H and O–H groups in total. The fourth-order valence-electron chi connectivity index (χ4n) is 2.21. The lowest BCUT2D eigenvalue weighted by molar-refractivity contribution is 0.00530. The summed E-state index contributed by atoms with van der Waals surface area (Å²) in [7, 11) is 0. The van der Waals surface area contributed by atoms with Gasteiger partial charge in [-0.05, 0) is 30.3 Å². The first kappa shape index (κ1) is 18.4. The van der Waals surface area contributed by atoms with Crippen molar-refractivity contribution in [2.45, 2.75) is 26.2 Å². The minimum Gasteiger partial charge on any atom is -0.490 e. The van der Waals surface area contributed by atoms with Gasteiger partial charge >= 0.3 is 0 Å². The predicted molar refractivity (Wildman–Crippen MR) is 91.4 cm³/mol. The van der Waals surface area contributed by atoms with E-state index in [0.29, 0.717) is 18.9 Å². The molecule has 0 saturated carbocycles. The molecule has 130 valence electrons. The van der Waals surface area contributed by atoms with E-state index in [1.807, 2.05) is 37.3 Å². The van der Waals surface area contributed by atoms with Crippen molar-refractivity contribution in [3.8, 4) is 5.75 Å². The lowest BCUT2D eigenvalue weighted by Gasteiger charge is -2.15. The average Bonchev–Trinajstić information content (AvgIpc) is 2.60. The molecule has 0 spiro atoms. The van der Waals surface area contributed by atoms with Crippen molar-refractivity contribution in [3.05, 3.63) is 65.5 Å². The van der Waals surface area contributed by atoms with Crippen LogP contribution in [0.5, 0.6) is 5.75 Å². The molecule has 5 heteroatoms. The Labute approximate surface area is 142 Å². The third kappa shape index (κ3) is 6.28. The lowest BCUT2D eigenvalue weighted by Crippen LogP contribution is -2.24. The third-order valence-electron chi connectivity index (χ3n) is 3.44. The molecule has 0 aliphatic carbocycles. The summed E-state index contributed by atoms with van der Waals surface area (Å²) in [4.78, 5) is 0. The lowest BCUT2D eigenvalue weighted by atomic mass is 10.2. The van der Waals surface area contributed by atoms with E-state index >= 15 is 0 Å². The van der Waals surface area contributed by atoms with E-state index in [0.717, 1.165) is 17.7 Å². The maximum Gasteiger partial charge on any atom is 0.124 e. The van der Waals surface area contributed by atoms with Gasteiger partial charge < -0.3 is 19.9 Å². The van der Waals surface area contributed by atoms with E-state index in [1.165, 1.54) is 12.1 Å². The number of benzene rings is 2. The highest BCUT2D eigenvalue weighted by Gasteiger charge is 2.09. The van der Waals surface area contributed by atoms with Crippen LogP contribution >= 0.6 is 0 Å². The molecule has 1 unspecified atom stereocenters. The maximum atomic E-state index is 13.3. The van der Waals surface area contributed by atoms with E-state index in [4.69, 9.17) is 9.47 Å². The smallest absolute Gasteiger partial charge is 0.124 e. The van der Waals surface area contributed by atoms with E-state index in [1.54, 1.807) is 6.07 Å². The van der Waals surface area contributed by atoms with Crippen molar-refractivity contribution in [2.75, 3.05) is 19.8 Å². The molecule has 0 aliphatic rings. The number of halogens is 1. The fourth-order valence-corrected chi connectivity index (χ4v) is 2.21. The van der Waals surface area contributed by atoms with Gasteiger partial charge in [0.15, 0.2) is 0 Å². The first-order chi connectivity index (χ1) is 11.7. The van der Waals surface area contributed by atoms with Gasteiger partial charge in [-0.25, -0.2) is 4.39 Å². The number of ether oxygens (including phenoxy) is 2. The van der Waals surface area contributed by atoms with Crippen molar-refractivity contribution < 1.29 is 19.0 Å². The van der Waals surface area contributed by atoms with E-state index < -0.39 is 6.10 Å². The van der Waals surface area contributed by atoms with Crippen LogP contribution in [0.2, 0.25) is 0 Å². The van der Waals surface area contributed by atoms with Gasteiger partial charge in [0.05, 0.1) is 13.2 Å². The van der Waals surface area contributed by atoms with Crippen molar-refractivity contribution in [1.82, 2.24) is 5.32 Å². The fraction of sp³-hybridized carbons (Fsp3) is 0.368. The topological polar surface area (TPSA) is 50.7 Å². The molecule has 0 amide bonds. The standard InChI is InChI=1S/C19H24FNO3/c1-2-21-11-16-10-17(20)8-9-19(16)24-14-18(22)13-23-12-15-6-4-3-5-7-15/h3-10,18,21-22H,2,11-14H2,1H3. The highest BCUT2D eigenvalue weighted by Crippen LogP contribution is 2.20. The molecule has 0 bridgehead atoms. The van der Waals surface area contributed by atoms with Crippen LogP contribution in [-0.2, 0) is 17.9 Å². The van der Waals surface area contributed by atoms with E-state index in [-0.39, 0.29) is 19.0 Å². The average molecular weight is 333 g/mol. The molecule has 0 heterocycles. The Hall–Kier alpha value is -1.95. The second kappa shape index (κ2) is 10.0. The van der Waals surface area contributed by atoms with Crippen LogP contribution in [0.1, 0.15) is 18.1 Å². The molecule has 0 aromatic heterocycles. The Morgan fingerprint density at radius 3 is 2.67 bits per heavy atom. The summed E-state index contributed by atoms with van der Waals surface area (Å²) in [6.45, 7) is 4.00. The molecular weight excluding hydrogens is 309 g/mol. The van der Waals surface area contributed by atoms with Gasteiger partial charge in [-0.2, -0.15) is 0 Å². The zero-order valence-corrected chi connectivity index (χ0v) is 13.9. The Kier molecular flexibility index (Phi) is 7.68. The molecule has 2 rings (SSSR count). The second-order valence-corrected chi connectivity index (χ2v) is 5.50. The maximum absolute atomic E-state index is 13.3. The summed E-state index contributed by atoms with van der Waals surface area (Å²) in [6, 6.07) is 14.1. The van der Waals surface area contributed by atoms with Crippen LogP contribution in [0.25, 0.3) is 0 Å². The van der Waals surface area contributed by atoms with Gasteiger partial charge in [-0.15, -0.1) is 0 Å². The number of aliphatic hydroxyl groups is 1. The third-order valence-corrected chi connectivity index (χ3v) is 3.44. The Bertz CT molecular complexity index is 607. The van der Waals surface area contributed by atoms with Crippen LogP contribution in [-0.4, -0.2) is 31.0 Å². The van der Waals surface area contributed by atoms with Gasteiger partial charge in [0.25, 0.3) is 0 Å². The molecule has 1 atom stereocenters. The normalized spacial score (nSPS) is 12.1. The summed E-state index contributed by atoms with van der Waals surface area (Å²) in [6.07, 6.45) is -0.745. The summed E-state index contributed by atoms with van der Waals surface area (Å²) in [5, 5.41) is 13.1. The van der Waals surface area contributed by atoms with Gasteiger partial charge in [0.1, 0.15) is 24.3 Å². The molecule has 2 aromatic carbocycles. The van der Waals surface area contributed by atoms with Gasteiger partial charge in [0, 0.05) is 12.1 Å². The summed E-state index contributed by atoms with van der Waals surface area (Å²) >= 11 is 0. The number of rotatable bonds is 10. The van der Waals surface area contributed by atoms with Crippen LogP contribution in [0.15, 0.2) is 48.5 Å². The minimum atomic E-state index is -0.745. The van der Waals surface area contributed by atoms with Crippen LogP contribution in [0, 0.1) is 5.82 Å². The van der Waals surface area contributed by atoms with E-state index in [9.17, 15) is 9.50 Å². The quantitative estimate of drug-likeness (QED) is 0.702. The highest BCUT2D eigenvalue weighted by molar-refractivity contribution is 5.34. The molecule has 24 heavy (non-hydrogen) atoms. The summed E-state index contributed by atoms with van der Waals surface area (Å²) < 4.78 is 24.4. The largest absolute Gasteiger partial charge is 0.490 e. The van der Waals surface area contributed by atoms with Crippen molar-refractivity contribution in [1.29, 1.82) is 0 Å². The number of nitrogens with one attached hydrogen (secondary N) is 1. The zero-order chi connectivity index (χ0) is 17.2. The van der Waals surface area contributed by atoms with Crippen molar-refractivity contribution in [2.24, 2.45) is 0 Å². The van der Waals surface area contributed by atoms with Crippen LogP contribution < -0.4 is 10.1 Å². The number of hydrogen-bond donors (Lipinski definition) is 2. The zero-order valence-electron chi connectivity index (χ0n) is 13.9. The van der Waals surface area contributed by atoms with Gasteiger partial charge in [-0.1, -0.05) is 37.3 Å². The molecule has 4 nitrogen and oxygen atoms in total.